The molecule has 0 aliphatic carbocycles. The van der Waals surface area contributed by atoms with Crippen LogP contribution in [0.15, 0.2) is 22.6 Å². The van der Waals surface area contributed by atoms with E-state index >= 15 is 0 Å². The smallest absolute Gasteiger partial charge is 0.244 e. The van der Waals surface area contributed by atoms with Crippen molar-refractivity contribution in [2.45, 2.75) is 12.5 Å². The van der Waals surface area contributed by atoms with E-state index in [-0.39, 0.29) is 23.5 Å². The van der Waals surface area contributed by atoms with Crippen LogP contribution >= 0.6 is 22.6 Å². The number of hydrogen-bond acceptors (Lipinski definition) is 4. The van der Waals surface area contributed by atoms with E-state index in [0.717, 1.165) is 3.77 Å². The molecule has 18 heavy (non-hydrogen) atoms. The van der Waals surface area contributed by atoms with Crippen molar-refractivity contribution >= 4 is 44.4 Å². The molecule has 1 saturated heterocycles. The van der Waals surface area contributed by atoms with Crippen molar-refractivity contribution in [1.29, 1.82) is 0 Å². The van der Waals surface area contributed by atoms with Crippen LogP contribution in [-0.2, 0) is 14.6 Å². The number of carbonyl (C=O) groups excluding carboxylic acids is 1. The van der Waals surface area contributed by atoms with Crippen molar-refractivity contribution in [3.63, 3.8) is 0 Å². The van der Waals surface area contributed by atoms with E-state index < -0.39 is 9.84 Å². The van der Waals surface area contributed by atoms with E-state index in [1.807, 2.05) is 22.6 Å². The monoisotopic (exact) mass is 381 g/mol. The summed E-state index contributed by atoms with van der Waals surface area (Å²) < 4.78 is 28.4. The third-order valence-electron chi connectivity index (χ3n) is 2.57. The minimum atomic E-state index is -2.96. The van der Waals surface area contributed by atoms with Gasteiger partial charge >= 0.3 is 0 Å². The Hall–Kier alpha value is -0.830. The van der Waals surface area contributed by atoms with Gasteiger partial charge in [0.1, 0.15) is 5.76 Å². The first-order valence-corrected chi connectivity index (χ1v) is 8.29. The molecule has 1 aromatic heterocycles. The Kier molecular flexibility index (Phi) is 4.10. The Balaban J connectivity index is 1.88. The maximum absolute atomic E-state index is 11.6. The Morgan fingerprint density at radius 2 is 2.28 bits per heavy atom. The predicted octanol–water partition coefficient (Wildman–Crippen LogP) is 1.20. The summed E-state index contributed by atoms with van der Waals surface area (Å²) >= 11 is 2.03. The van der Waals surface area contributed by atoms with Crippen molar-refractivity contribution < 1.29 is 17.6 Å². The fourth-order valence-electron chi connectivity index (χ4n) is 1.73. The Labute approximate surface area is 119 Å². The normalized spacial score (nSPS) is 22.4. The average molecular weight is 381 g/mol. The predicted molar refractivity (Wildman–Crippen MR) is 75.7 cm³/mol. The lowest BCUT2D eigenvalue weighted by Gasteiger charge is -2.07. The summed E-state index contributed by atoms with van der Waals surface area (Å²) in [7, 11) is -2.96. The zero-order valence-corrected chi connectivity index (χ0v) is 12.4. The lowest BCUT2D eigenvalue weighted by atomic mass is 10.2. The van der Waals surface area contributed by atoms with Crippen LogP contribution in [0.5, 0.6) is 0 Å². The Morgan fingerprint density at radius 3 is 2.83 bits per heavy atom. The molecule has 1 aromatic rings. The molecule has 1 aliphatic heterocycles. The molecule has 1 N–H and O–H groups in total. The summed E-state index contributed by atoms with van der Waals surface area (Å²) in [5.74, 6) is 0.473. The lowest BCUT2D eigenvalue weighted by molar-refractivity contribution is -0.116. The molecule has 0 saturated carbocycles. The first-order valence-electron chi connectivity index (χ1n) is 5.39. The third kappa shape index (κ3) is 3.84. The highest BCUT2D eigenvalue weighted by Crippen LogP contribution is 2.12. The number of carbonyl (C=O) groups is 1. The van der Waals surface area contributed by atoms with Crippen LogP contribution < -0.4 is 5.32 Å². The molecule has 0 aromatic carbocycles. The number of nitrogens with one attached hydrogen (secondary N) is 1. The van der Waals surface area contributed by atoms with Crippen molar-refractivity contribution in [2.75, 3.05) is 11.5 Å². The first kappa shape index (κ1) is 13.6. The molecule has 2 rings (SSSR count). The first-order chi connectivity index (χ1) is 8.44. The topological polar surface area (TPSA) is 76.4 Å². The fourth-order valence-corrected chi connectivity index (χ4v) is 3.84. The largest absolute Gasteiger partial charge is 0.451 e. The summed E-state index contributed by atoms with van der Waals surface area (Å²) in [5.41, 5.74) is 0. The minimum absolute atomic E-state index is 0.0330. The highest BCUT2D eigenvalue weighted by atomic mass is 127. The molecule has 0 bridgehead atoms. The zero-order chi connectivity index (χ0) is 13.2. The Morgan fingerprint density at radius 1 is 1.50 bits per heavy atom. The van der Waals surface area contributed by atoms with E-state index in [1.54, 1.807) is 18.2 Å². The Bertz CT molecular complexity index is 576. The zero-order valence-electron chi connectivity index (χ0n) is 9.43. The molecule has 0 spiro atoms. The van der Waals surface area contributed by atoms with Gasteiger partial charge in [-0.1, -0.05) is 0 Å². The second-order valence-electron chi connectivity index (χ2n) is 4.08. The van der Waals surface area contributed by atoms with Crippen molar-refractivity contribution in [2.24, 2.45) is 0 Å². The fraction of sp³-hybridized carbons (Fsp3) is 0.364. The van der Waals surface area contributed by atoms with Gasteiger partial charge in [-0.25, -0.2) is 8.42 Å². The minimum Gasteiger partial charge on any atom is -0.451 e. The molecule has 5 nitrogen and oxygen atoms in total. The molecule has 98 valence electrons. The van der Waals surface area contributed by atoms with Crippen molar-refractivity contribution in [3.05, 3.63) is 27.7 Å². The second-order valence-corrected chi connectivity index (χ2v) is 7.38. The molecule has 0 radical (unpaired) electrons. The summed E-state index contributed by atoms with van der Waals surface area (Å²) in [5, 5.41) is 2.66. The molecule has 7 heteroatoms. The van der Waals surface area contributed by atoms with Gasteiger partial charge in [0.05, 0.1) is 11.5 Å². The molecular formula is C11H12INO4S. The van der Waals surface area contributed by atoms with Crippen LogP contribution in [0.1, 0.15) is 12.2 Å². The van der Waals surface area contributed by atoms with Gasteiger partial charge in [-0.05, 0) is 47.2 Å². The SMILES string of the molecule is O=C(/C=C/c1ccc(I)o1)NC1CCS(=O)(=O)C1. The third-order valence-corrected chi connectivity index (χ3v) is 4.92. The number of sulfone groups is 1. The van der Waals surface area contributed by atoms with Crippen LogP contribution in [-0.4, -0.2) is 31.9 Å². The second kappa shape index (κ2) is 5.43. The summed E-state index contributed by atoms with van der Waals surface area (Å²) in [4.78, 5) is 11.6. The van der Waals surface area contributed by atoms with Gasteiger partial charge in [0.2, 0.25) is 5.91 Å². The molecule has 1 aliphatic rings. The van der Waals surface area contributed by atoms with Crippen LogP contribution in [0.25, 0.3) is 6.08 Å². The van der Waals surface area contributed by atoms with Gasteiger partial charge in [-0.3, -0.25) is 4.79 Å². The maximum Gasteiger partial charge on any atom is 0.244 e. The van der Waals surface area contributed by atoms with Crippen LogP contribution in [0.4, 0.5) is 0 Å². The molecule has 1 amide bonds. The van der Waals surface area contributed by atoms with E-state index in [9.17, 15) is 13.2 Å². The van der Waals surface area contributed by atoms with Crippen LogP contribution in [0.2, 0.25) is 0 Å². The lowest BCUT2D eigenvalue weighted by Crippen LogP contribution is -2.34. The highest BCUT2D eigenvalue weighted by Gasteiger charge is 2.28. The van der Waals surface area contributed by atoms with Gasteiger partial charge in [0.25, 0.3) is 0 Å². The van der Waals surface area contributed by atoms with E-state index in [4.69, 9.17) is 4.42 Å². The van der Waals surface area contributed by atoms with E-state index in [2.05, 4.69) is 5.32 Å². The molecule has 1 unspecified atom stereocenters. The molecule has 1 fully saturated rings. The van der Waals surface area contributed by atoms with Gasteiger partial charge in [0, 0.05) is 12.1 Å². The van der Waals surface area contributed by atoms with Gasteiger partial charge < -0.3 is 9.73 Å². The van der Waals surface area contributed by atoms with Gasteiger partial charge in [-0.2, -0.15) is 0 Å². The van der Waals surface area contributed by atoms with E-state index in [0.29, 0.717) is 12.2 Å². The standard InChI is InChI=1S/C11H12INO4S/c12-10-3-1-9(17-10)2-4-11(14)13-8-5-6-18(15,16)7-8/h1-4,8H,5-7H2,(H,13,14)/b4-2+. The maximum atomic E-state index is 11.6. The van der Waals surface area contributed by atoms with Gasteiger partial charge in [0.15, 0.2) is 13.6 Å². The quantitative estimate of drug-likeness (QED) is 0.631. The molecular weight excluding hydrogens is 369 g/mol. The number of amides is 1. The molecule has 2 heterocycles. The summed E-state index contributed by atoms with van der Waals surface area (Å²) in [6, 6.07) is 3.27. The number of hydrogen-bond donors (Lipinski definition) is 1. The number of halogens is 1. The molecule has 1 atom stereocenters. The van der Waals surface area contributed by atoms with Crippen molar-refractivity contribution in [3.8, 4) is 0 Å². The van der Waals surface area contributed by atoms with Crippen LogP contribution in [0, 0.1) is 3.77 Å². The summed E-state index contributed by atoms with van der Waals surface area (Å²) in [6.45, 7) is 0. The van der Waals surface area contributed by atoms with Crippen molar-refractivity contribution in [1.82, 2.24) is 5.32 Å². The van der Waals surface area contributed by atoms with Gasteiger partial charge in [-0.15, -0.1) is 0 Å². The van der Waals surface area contributed by atoms with Crippen LogP contribution in [0.3, 0.4) is 0 Å². The summed E-state index contributed by atoms with van der Waals surface area (Å²) in [6.07, 6.45) is 3.39. The average Bonchev–Trinajstić information content (AvgIpc) is 2.82. The van der Waals surface area contributed by atoms with E-state index in [1.165, 1.54) is 6.08 Å². The highest BCUT2D eigenvalue weighted by molar-refractivity contribution is 14.1. The number of rotatable bonds is 3. The number of furan rings is 1.